The number of ketones is 1. The molecule has 1 aromatic heterocycles. The lowest BCUT2D eigenvalue weighted by molar-refractivity contribution is -0.138. The van der Waals surface area contributed by atoms with Crippen LogP contribution in [-0.2, 0) is 22.5 Å². The van der Waals surface area contributed by atoms with Crippen LogP contribution in [0.2, 0.25) is 0 Å². The number of aryl methyl sites for hydroxylation is 1. The summed E-state index contributed by atoms with van der Waals surface area (Å²) in [6, 6.07) is 0. The minimum absolute atomic E-state index is 0.0819. The van der Waals surface area contributed by atoms with E-state index in [0.717, 1.165) is 12.4 Å². The van der Waals surface area contributed by atoms with Gasteiger partial charge in [0.05, 0.1) is 6.42 Å². The van der Waals surface area contributed by atoms with Crippen molar-refractivity contribution in [2.24, 2.45) is 0 Å². The Bertz CT molecular complexity index is 354. The van der Waals surface area contributed by atoms with Crippen LogP contribution in [0, 0.1) is 0 Å². The molecule has 0 aliphatic carbocycles. The molecule has 0 bridgehead atoms. The molecular formula is C12H20N2O2. The number of rotatable bonds is 6. The van der Waals surface area contributed by atoms with Crippen molar-refractivity contribution in [2.45, 2.75) is 45.8 Å². The molecule has 0 spiro atoms. The maximum Gasteiger partial charge on any atom is 0.171 e. The molecule has 1 atom stereocenters. The number of carbonyl (C=O) groups excluding carboxylic acids is 1. The number of carbonyl (C=O) groups is 1. The van der Waals surface area contributed by atoms with Crippen LogP contribution in [0.5, 0.6) is 0 Å². The topological polar surface area (TPSA) is 44.1 Å². The summed E-state index contributed by atoms with van der Waals surface area (Å²) >= 11 is 0. The Kier molecular flexibility index (Phi) is 4.24. The van der Waals surface area contributed by atoms with Crippen molar-refractivity contribution >= 4 is 5.78 Å². The molecule has 0 amide bonds. The molecule has 4 heteroatoms. The van der Waals surface area contributed by atoms with Gasteiger partial charge in [0, 0.05) is 26.0 Å². The van der Waals surface area contributed by atoms with Crippen molar-refractivity contribution in [1.29, 1.82) is 0 Å². The number of aromatic nitrogens is 2. The van der Waals surface area contributed by atoms with Gasteiger partial charge in [0.2, 0.25) is 0 Å². The number of nitrogens with zero attached hydrogens (tertiary/aromatic N) is 2. The first-order chi connectivity index (χ1) is 7.57. The zero-order valence-electron chi connectivity index (χ0n) is 10.5. The van der Waals surface area contributed by atoms with Gasteiger partial charge in [-0.1, -0.05) is 6.92 Å². The van der Waals surface area contributed by atoms with Crippen molar-refractivity contribution in [1.82, 2.24) is 9.55 Å². The van der Waals surface area contributed by atoms with Crippen LogP contribution < -0.4 is 0 Å². The third kappa shape index (κ3) is 2.50. The predicted molar refractivity (Wildman–Crippen MR) is 62.3 cm³/mol. The Labute approximate surface area is 96.6 Å². The molecule has 0 fully saturated rings. The minimum Gasteiger partial charge on any atom is -0.371 e. The molecule has 0 aromatic carbocycles. The van der Waals surface area contributed by atoms with E-state index in [9.17, 15) is 4.79 Å². The summed E-state index contributed by atoms with van der Waals surface area (Å²) in [5.74, 6) is 0.891. The van der Waals surface area contributed by atoms with E-state index in [1.807, 2.05) is 31.5 Å². The molecule has 0 N–H and O–H groups in total. The van der Waals surface area contributed by atoms with Gasteiger partial charge in [-0.25, -0.2) is 4.98 Å². The molecule has 0 saturated carbocycles. The molecule has 90 valence electrons. The molecule has 0 aliphatic rings. The number of imidazole rings is 1. The third-order valence-corrected chi connectivity index (χ3v) is 3.18. The Hall–Kier alpha value is -1.16. The Balaban J connectivity index is 2.78. The van der Waals surface area contributed by atoms with E-state index in [2.05, 4.69) is 4.98 Å². The molecule has 1 rings (SSSR count). The molecular weight excluding hydrogens is 204 g/mol. The normalized spacial score (nSPS) is 14.8. The number of ether oxygens (including phenoxy) is 1. The van der Waals surface area contributed by atoms with Crippen LogP contribution >= 0.6 is 0 Å². The second-order valence-electron chi connectivity index (χ2n) is 4.02. The molecule has 16 heavy (non-hydrogen) atoms. The highest BCUT2D eigenvalue weighted by Crippen LogP contribution is 2.17. The van der Waals surface area contributed by atoms with E-state index >= 15 is 0 Å². The van der Waals surface area contributed by atoms with Crippen molar-refractivity contribution in [3.63, 3.8) is 0 Å². The molecule has 1 unspecified atom stereocenters. The lowest BCUT2D eigenvalue weighted by atomic mass is 9.95. The average Bonchev–Trinajstić information content (AvgIpc) is 2.75. The predicted octanol–water partition coefficient (Wildman–Crippen LogP) is 1.83. The van der Waals surface area contributed by atoms with Crippen molar-refractivity contribution in [3.8, 4) is 0 Å². The van der Waals surface area contributed by atoms with E-state index < -0.39 is 5.60 Å². The maximum atomic E-state index is 12.1. The van der Waals surface area contributed by atoms with Gasteiger partial charge in [-0.2, -0.15) is 0 Å². The SMILES string of the molecule is CCn1ccnc1CC(=O)C(C)(CC)OC. The third-order valence-electron chi connectivity index (χ3n) is 3.18. The average molecular weight is 224 g/mol. The summed E-state index contributed by atoms with van der Waals surface area (Å²) in [5.41, 5.74) is -0.690. The summed E-state index contributed by atoms with van der Waals surface area (Å²) in [7, 11) is 1.58. The zero-order chi connectivity index (χ0) is 12.2. The summed E-state index contributed by atoms with van der Waals surface area (Å²) in [6.07, 6.45) is 4.62. The fraction of sp³-hybridized carbons (Fsp3) is 0.667. The maximum absolute atomic E-state index is 12.1. The Morgan fingerprint density at radius 1 is 1.56 bits per heavy atom. The minimum atomic E-state index is -0.690. The Morgan fingerprint density at radius 2 is 2.25 bits per heavy atom. The highest BCUT2D eigenvalue weighted by molar-refractivity contribution is 5.88. The summed E-state index contributed by atoms with van der Waals surface area (Å²) in [5, 5.41) is 0. The molecule has 0 saturated heterocycles. The molecule has 0 radical (unpaired) electrons. The molecule has 4 nitrogen and oxygen atoms in total. The first-order valence-electron chi connectivity index (χ1n) is 5.65. The summed E-state index contributed by atoms with van der Waals surface area (Å²) < 4.78 is 7.26. The molecule has 1 aromatic rings. The Morgan fingerprint density at radius 3 is 2.75 bits per heavy atom. The van der Waals surface area contributed by atoms with Crippen molar-refractivity contribution in [2.75, 3.05) is 7.11 Å². The second kappa shape index (κ2) is 5.25. The van der Waals surface area contributed by atoms with Crippen LogP contribution in [0.4, 0.5) is 0 Å². The smallest absolute Gasteiger partial charge is 0.171 e. The summed E-state index contributed by atoms with van der Waals surface area (Å²) in [6.45, 7) is 6.64. The fourth-order valence-corrected chi connectivity index (χ4v) is 1.58. The van der Waals surface area contributed by atoms with Crippen LogP contribution in [0.15, 0.2) is 12.4 Å². The van der Waals surface area contributed by atoms with Crippen molar-refractivity contribution < 1.29 is 9.53 Å². The van der Waals surface area contributed by atoms with E-state index in [0.29, 0.717) is 12.8 Å². The van der Waals surface area contributed by atoms with Gasteiger partial charge in [-0.15, -0.1) is 0 Å². The highest BCUT2D eigenvalue weighted by Gasteiger charge is 2.31. The second-order valence-corrected chi connectivity index (χ2v) is 4.02. The van der Waals surface area contributed by atoms with Gasteiger partial charge in [-0.05, 0) is 20.3 Å². The molecule has 0 aliphatic heterocycles. The van der Waals surface area contributed by atoms with E-state index in [-0.39, 0.29) is 5.78 Å². The van der Waals surface area contributed by atoms with E-state index in [1.165, 1.54) is 0 Å². The standard InChI is InChI=1S/C12H20N2O2/c1-5-12(3,16-4)10(15)9-11-13-7-8-14(11)6-2/h7-8H,5-6,9H2,1-4H3. The fourth-order valence-electron chi connectivity index (χ4n) is 1.58. The monoisotopic (exact) mass is 224 g/mol. The van der Waals surface area contributed by atoms with Gasteiger partial charge in [0.1, 0.15) is 11.4 Å². The first kappa shape index (κ1) is 12.9. The number of hydrogen-bond acceptors (Lipinski definition) is 3. The van der Waals surface area contributed by atoms with Crippen LogP contribution in [0.1, 0.15) is 33.0 Å². The van der Waals surface area contributed by atoms with Gasteiger partial charge < -0.3 is 9.30 Å². The van der Waals surface area contributed by atoms with E-state index in [4.69, 9.17) is 4.74 Å². The number of Topliss-reactive ketones (excluding diaryl/α,β-unsaturated/α-hetero) is 1. The van der Waals surface area contributed by atoms with E-state index in [1.54, 1.807) is 13.3 Å². The largest absolute Gasteiger partial charge is 0.371 e. The highest BCUT2D eigenvalue weighted by atomic mass is 16.5. The quantitative estimate of drug-likeness (QED) is 0.740. The van der Waals surface area contributed by atoms with Crippen LogP contribution in [0.25, 0.3) is 0 Å². The molecule has 1 heterocycles. The number of methoxy groups -OCH3 is 1. The summed E-state index contributed by atoms with van der Waals surface area (Å²) in [4.78, 5) is 16.3. The lowest BCUT2D eigenvalue weighted by Crippen LogP contribution is -2.38. The zero-order valence-corrected chi connectivity index (χ0v) is 10.5. The first-order valence-corrected chi connectivity index (χ1v) is 5.65. The van der Waals surface area contributed by atoms with Gasteiger partial charge >= 0.3 is 0 Å². The number of hydrogen-bond donors (Lipinski definition) is 0. The van der Waals surface area contributed by atoms with Crippen LogP contribution in [0.3, 0.4) is 0 Å². The van der Waals surface area contributed by atoms with Crippen LogP contribution in [-0.4, -0.2) is 28.0 Å². The van der Waals surface area contributed by atoms with Gasteiger partial charge in [0.15, 0.2) is 5.78 Å². The van der Waals surface area contributed by atoms with Gasteiger partial charge in [-0.3, -0.25) is 4.79 Å². The lowest BCUT2D eigenvalue weighted by Gasteiger charge is -2.24. The van der Waals surface area contributed by atoms with Gasteiger partial charge in [0.25, 0.3) is 0 Å². The van der Waals surface area contributed by atoms with Crippen molar-refractivity contribution in [3.05, 3.63) is 18.2 Å².